The minimum absolute atomic E-state index is 0.321. The average molecular weight is 346 g/mol. The van der Waals surface area contributed by atoms with E-state index in [-0.39, 0.29) is 0 Å². The van der Waals surface area contributed by atoms with Crippen molar-refractivity contribution in [1.82, 2.24) is 9.55 Å². The molecule has 2 aromatic rings. The topological polar surface area (TPSA) is 111 Å². The van der Waals surface area contributed by atoms with Crippen LogP contribution in [0.1, 0.15) is 29.9 Å². The fourth-order valence-electron chi connectivity index (χ4n) is 2.80. The van der Waals surface area contributed by atoms with Gasteiger partial charge in [-0.1, -0.05) is 25.1 Å². The van der Waals surface area contributed by atoms with Crippen LogP contribution in [0.15, 0.2) is 52.2 Å². The van der Waals surface area contributed by atoms with E-state index in [0.717, 1.165) is 10.6 Å². The molecule has 1 saturated heterocycles. The number of benzene rings is 1. The van der Waals surface area contributed by atoms with Crippen molar-refractivity contribution in [2.45, 2.75) is 37.9 Å². The van der Waals surface area contributed by atoms with Crippen LogP contribution in [-0.4, -0.2) is 38.9 Å². The first-order valence-electron chi connectivity index (χ1n) is 7.92. The summed E-state index contributed by atoms with van der Waals surface area (Å²) in [6.45, 7) is 1.81. The monoisotopic (exact) mass is 346 g/mol. The minimum atomic E-state index is -1.10. The van der Waals surface area contributed by atoms with Crippen molar-refractivity contribution in [2.24, 2.45) is 0 Å². The lowest BCUT2D eigenvalue weighted by Crippen LogP contribution is -2.40. The van der Waals surface area contributed by atoms with Gasteiger partial charge in [0.25, 0.3) is 5.56 Å². The second-order valence-electron chi connectivity index (χ2n) is 5.72. The Labute approximate surface area is 142 Å². The van der Waals surface area contributed by atoms with Gasteiger partial charge in [-0.25, -0.2) is 9.59 Å². The van der Waals surface area contributed by atoms with Gasteiger partial charge in [-0.05, 0) is 18.6 Å². The normalized spacial score (nSPS) is 25.7. The number of ether oxygens (including phenoxy) is 2. The second-order valence-corrected chi connectivity index (χ2v) is 5.72. The van der Waals surface area contributed by atoms with Crippen LogP contribution in [0.2, 0.25) is 0 Å². The Balaban J connectivity index is 1.91. The number of hydrogen-bond acceptors (Lipinski definition) is 6. The SMILES string of the molecule is CC[C@H]1O[C@@H](n2ccc(=O)[nH]c2=O)C(OC(=O)c2ccccc2)[C@H]1O. The summed E-state index contributed by atoms with van der Waals surface area (Å²) >= 11 is 0. The molecule has 0 amide bonds. The summed E-state index contributed by atoms with van der Waals surface area (Å²) in [4.78, 5) is 37.7. The predicted octanol–water partition coefficient (Wildman–Crippen LogP) is 0.430. The summed E-state index contributed by atoms with van der Waals surface area (Å²) in [6, 6.07) is 9.48. The maximum atomic E-state index is 12.3. The molecule has 3 rings (SSSR count). The van der Waals surface area contributed by atoms with Gasteiger partial charge >= 0.3 is 11.7 Å². The molecule has 8 heteroatoms. The van der Waals surface area contributed by atoms with E-state index in [2.05, 4.69) is 4.98 Å². The molecule has 1 fully saturated rings. The fourth-order valence-corrected chi connectivity index (χ4v) is 2.80. The van der Waals surface area contributed by atoms with Crippen molar-refractivity contribution < 1.29 is 19.4 Å². The molecule has 0 spiro atoms. The third-order valence-electron chi connectivity index (χ3n) is 4.09. The number of nitrogens with one attached hydrogen (secondary N) is 1. The van der Waals surface area contributed by atoms with Gasteiger partial charge in [0.2, 0.25) is 0 Å². The molecular weight excluding hydrogens is 328 g/mol. The number of rotatable bonds is 4. The van der Waals surface area contributed by atoms with Gasteiger partial charge in [-0.3, -0.25) is 14.3 Å². The van der Waals surface area contributed by atoms with Crippen LogP contribution >= 0.6 is 0 Å². The number of H-pyrrole nitrogens is 1. The molecule has 1 aliphatic rings. The number of aliphatic hydroxyl groups is 1. The number of nitrogens with zero attached hydrogens (tertiary/aromatic N) is 1. The van der Waals surface area contributed by atoms with Crippen molar-refractivity contribution in [2.75, 3.05) is 0 Å². The van der Waals surface area contributed by atoms with Gasteiger partial charge in [-0.15, -0.1) is 0 Å². The molecule has 0 aliphatic carbocycles. The highest BCUT2D eigenvalue weighted by Gasteiger charge is 2.46. The Kier molecular flexibility index (Phi) is 4.82. The Morgan fingerprint density at radius 3 is 2.64 bits per heavy atom. The van der Waals surface area contributed by atoms with Crippen molar-refractivity contribution in [3.63, 3.8) is 0 Å². The Morgan fingerprint density at radius 1 is 1.28 bits per heavy atom. The van der Waals surface area contributed by atoms with Crippen LogP contribution in [0.25, 0.3) is 0 Å². The first-order chi connectivity index (χ1) is 12.0. The van der Waals surface area contributed by atoms with Crippen molar-refractivity contribution in [3.8, 4) is 0 Å². The molecular formula is C17H18N2O6. The lowest BCUT2D eigenvalue weighted by Gasteiger charge is -2.22. The van der Waals surface area contributed by atoms with E-state index in [4.69, 9.17) is 9.47 Å². The predicted molar refractivity (Wildman–Crippen MR) is 87.2 cm³/mol. The van der Waals surface area contributed by atoms with Gasteiger partial charge in [0.1, 0.15) is 6.10 Å². The highest BCUT2D eigenvalue weighted by atomic mass is 16.6. The summed E-state index contributed by atoms with van der Waals surface area (Å²) in [7, 11) is 0. The number of hydrogen-bond donors (Lipinski definition) is 2. The molecule has 8 nitrogen and oxygen atoms in total. The van der Waals surface area contributed by atoms with Gasteiger partial charge in [-0.2, -0.15) is 0 Å². The highest BCUT2D eigenvalue weighted by molar-refractivity contribution is 5.89. The van der Waals surface area contributed by atoms with E-state index in [1.54, 1.807) is 30.3 Å². The standard InChI is InChI=1S/C17H18N2O6/c1-2-11-13(21)14(25-16(22)10-6-4-3-5-7-10)15(24-11)19-9-8-12(20)18-17(19)23/h3-9,11,13-15,21H,2H2,1H3,(H,18,20,23)/t11-,13+,14?,15-/m1/s1. The van der Waals surface area contributed by atoms with Gasteiger partial charge < -0.3 is 14.6 Å². The molecule has 25 heavy (non-hydrogen) atoms. The summed E-state index contributed by atoms with van der Waals surface area (Å²) in [5, 5.41) is 10.4. The third-order valence-corrected chi connectivity index (χ3v) is 4.09. The minimum Gasteiger partial charge on any atom is -0.451 e. The summed E-state index contributed by atoms with van der Waals surface area (Å²) in [5.41, 5.74) is -0.936. The molecule has 1 aromatic carbocycles. The van der Waals surface area contributed by atoms with Gasteiger partial charge in [0.05, 0.1) is 11.7 Å². The molecule has 0 bridgehead atoms. The van der Waals surface area contributed by atoms with E-state index in [0.29, 0.717) is 12.0 Å². The molecule has 2 N–H and O–H groups in total. The zero-order valence-corrected chi connectivity index (χ0v) is 13.5. The first kappa shape index (κ1) is 17.1. The smallest absolute Gasteiger partial charge is 0.338 e. The lowest BCUT2D eigenvalue weighted by molar-refractivity contribution is -0.0518. The van der Waals surface area contributed by atoms with Crippen LogP contribution in [0.3, 0.4) is 0 Å². The molecule has 1 aliphatic heterocycles. The molecule has 2 heterocycles. The quantitative estimate of drug-likeness (QED) is 0.777. The van der Waals surface area contributed by atoms with Crippen LogP contribution in [-0.2, 0) is 9.47 Å². The van der Waals surface area contributed by atoms with Crippen LogP contribution in [0.4, 0.5) is 0 Å². The van der Waals surface area contributed by atoms with Crippen molar-refractivity contribution >= 4 is 5.97 Å². The fraction of sp³-hybridized carbons (Fsp3) is 0.353. The van der Waals surface area contributed by atoms with Crippen LogP contribution in [0, 0.1) is 0 Å². The zero-order chi connectivity index (χ0) is 18.0. The molecule has 132 valence electrons. The number of aliphatic hydroxyl groups excluding tert-OH is 1. The maximum absolute atomic E-state index is 12.3. The highest BCUT2D eigenvalue weighted by Crippen LogP contribution is 2.32. The number of aromatic nitrogens is 2. The Morgan fingerprint density at radius 2 is 2.00 bits per heavy atom. The number of carbonyl (C=O) groups is 1. The Hall–Kier alpha value is -2.71. The van der Waals surface area contributed by atoms with E-state index in [9.17, 15) is 19.5 Å². The molecule has 1 unspecified atom stereocenters. The van der Waals surface area contributed by atoms with Gasteiger partial charge in [0.15, 0.2) is 12.3 Å². The van der Waals surface area contributed by atoms with E-state index < -0.39 is 41.8 Å². The Bertz CT molecular complexity index is 859. The maximum Gasteiger partial charge on any atom is 0.338 e. The summed E-state index contributed by atoms with van der Waals surface area (Å²) in [6.07, 6.45) is -2.09. The lowest BCUT2D eigenvalue weighted by atomic mass is 10.1. The van der Waals surface area contributed by atoms with E-state index in [1.807, 2.05) is 6.92 Å². The number of esters is 1. The number of carbonyl (C=O) groups excluding carboxylic acids is 1. The van der Waals surface area contributed by atoms with Crippen molar-refractivity contribution in [1.29, 1.82) is 0 Å². The average Bonchev–Trinajstić information content (AvgIpc) is 2.92. The van der Waals surface area contributed by atoms with Crippen LogP contribution in [0.5, 0.6) is 0 Å². The third kappa shape index (κ3) is 3.40. The molecule has 1 aromatic heterocycles. The summed E-state index contributed by atoms with van der Waals surface area (Å²) < 4.78 is 12.2. The van der Waals surface area contributed by atoms with Crippen molar-refractivity contribution in [3.05, 3.63) is 69.0 Å². The van der Waals surface area contributed by atoms with Gasteiger partial charge in [0, 0.05) is 12.3 Å². The van der Waals surface area contributed by atoms with Crippen LogP contribution < -0.4 is 11.2 Å². The first-order valence-corrected chi connectivity index (χ1v) is 7.92. The molecule has 0 radical (unpaired) electrons. The van der Waals surface area contributed by atoms with E-state index in [1.165, 1.54) is 6.20 Å². The second kappa shape index (κ2) is 7.04. The number of aromatic amines is 1. The summed E-state index contributed by atoms with van der Waals surface area (Å²) in [5.74, 6) is -0.632. The molecule has 4 atom stereocenters. The largest absolute Gasteiger partial charge is 0.451 e. The zero-order valence-electron chi connectivity index (χ0n) is 13.5. The van der Waals surface area contributed by atoms with E-state index >= 15 is 0 Å². The molecule has 0 saturated carbocycles.